The molecule has 0 aliphatic rings. The van der Waals surface area contributed by atoms with Crippen molar-refractivity contribution in [3.05, 3.63) is 74.9 Å². The van der Waals surface area contributed by atoms with Gasteiger partial charge in [0.05, 0.1) is 10.3 Å². The number of hydrogen-bond acceptors (Lipinski definition) is 4. The third-order valence-electron chi connectivity index (χ3n) is 2.99. The van der Waals surface area contributed by atoms with Crippen LogP contribution in [0.5, 0.6) is 0 Å². The molecule has 1 heterocycles. The Kier molecular flexibility index (Phi) is 2.80. The standard InChI is InChI=1S/C15H9NO4/c17-14-11-8-4-5-9-12(11)20-15(13(14)16(18)19)10-6-2-1-3-7-10/h1-9H. The van der Waals surface area contributed by atoms with Gasteiger partial charge < -0.3 is 4.42 Å². The molecule has 0 bridgehead atoms. The van der Waals surface area contributed by atoms with E-state index in [0.717, 1.165) is 0 Å². The first-order valence-electron chi connectivity index (χ1n) is 5.94. The van der Waals surface area contributed by atoms with Gasteiger partial charge in [0.15, 0.2) is 0 Å². The summed E-state index contributed by atoms with van der Waals surface area (Å²) in [6, 6.07) is 15.1. The number of nitrogens with zero attached hydrogens (tertiary/aromatic N) is 1. The molecule has 0 spiro atoms. The Bertz CT molecular complexity index is 853. The van der Waals surface area contributed by atoms with E-state index in [1.165, 1.54) is 6.07 Å². The fourth-order valence-electron chi connectivity index (χ4n) is 2.08. The van der Waals surface area contributed by atoms with E-state index in [1.807, 2.05) is 0 Å². The Balaban J connectivity index is 2.45. The minimum absolute atomic E-state index is 0.0145. The van der Waals surface area contributed by atoms with Crippen molar-refractivity contribution in [3.8, 4) is 11.3 Å². The molecule has 0 aliphatic heterocycles. The lowest BCUT2D eigenvalue weighted by Gasteiger charge is -2.04. The summed E-state index contributed by atoms with van der Waals surface area (Å²) >= 11 is 0. The Morgan fingerprint density at radius 1 is 0.950 bits per heavy atom. The van der Waals surface area contributed by atoms with E-state index in [1.54, 1.807) is 48.5 Å². The molecule has 0 saturated carbocycles. The van der Waals surface area contributed by atoms with Gasteiger partial charge in [-0.15, -0.1) is 0 Å². The maximum Gasteiger partial charge on any atom is 0.359 e. The molecular formula is C15H9NO4. The first-order chi connectivity index (χ1) is 9.68. The number of fused-ring (bicyclic) bond motifs is 1. The van der Waals surface area contributed by atoms with Crippen molar-refractivity contribution in [2.75, 3.05) is 0 Å². The number of hydrogen-bond donors (Lipinski definition) is 0. The maximum atomic E-state index is 12.3. The molecule has 0 amide bonds. The van der Waals surface area contributed by atoms with Crippen molar-refractivity contribution in [1.82, 2.24) is 0 Å². The van der Waals surface area contributed by atoms with E-state index in [9.17, 15) is 14.9 Å². The predicted octanol–water partition coefficient (Wildman–Crippen LogP) is 3.37. The van der Waals surface area contributed by atoms with Gasteiger partial charge in [0.25, 0.3) is 5.43 Å². The summed E-state index contributed by atoms with van der Waals surface area (Å²) in [6.45, 7) is 0. The second-order valence-electron chi connectivity index (χ2n) is 4.23. The van der Waals surface area contributed by atoms with Crippen molar-refractivity contribution in [2.24, 2.45) is 0 Å². The number of rotatable bonds is 2. The van der Waals surface area contributed by atoms with Crippen LogP contribution in [0.2, 0.25) is 0 Å². The SMILES string of the molecule is O=c1c([N+](=O)[O-])c(-c2ccccc2)oc2ccccc12. The van der Waals surface area contributed by atoms with Crippen LogP contribution in [0.3, 0.4) is 0 Å². The smallest absolute Gasteiger partial charge is 0.359 e. The lowest BCUT2D eigenvalue weighted by molar-refractivity contribution is -0.386. The molecule has 0 N–H and O–H groups in total. The zero-order valence-electron chi connectivity index (χ0n) is 10.3. The molecule has 0 aliphatic carbocycles. The average Bonchev–Trinajstić information content (AvgIpc) is 2.47. The monoisotopic (exact) mass is 267 g/mol. The summed E-state index contributed by atoms with van der Waals surface area (Å²) in [7, 11) is 0. The van der Waals surface area contributed by atoms with E-state index in [-0.39, 0.29) is 11.1 Å². The molecule has 98 valence electrons. The Morgan fingerprint density at radius 2 is 1.60 bits per heavy atom. The van der Waals surface area contributed by atoms with E-state index in [2.05, 4.69) is 0 Å². The van der Waals surface area contributed by atoms with Crippen LogP contribution in [0, 0.1) is 10.1 Å². The Morgan fingerprint density at radius 3 is 2.30 bits per heavy atom. The molecule has 3 rings (SSSR count). The molecule has 0 atom stereocenters. The van der Waals surface area contributed by atoms with Gasteiger partial charge in [-0.3, -0.25) is 14.9 Å². The summed E-state index contributed by atoms with van der Waals surface area (Å²) in [4.78, 5) is 22.8. The van der Waals surface area contributed by atoms with E-state index in [4.69, 9.17) is 4.42 Å². The molecule has 1 aromatic heterocycles. The lowest BCUT2D eigenvalue weighted by Crippen LogP contribution is -2.10. The minimum atomic E-state index is -0.694. The topological polar surface area (TPSA) is 73.3 Å². The molecule has 20 heavy (non-hydrogen) atoms. The quantitative estimate of drug-likeness (QED) is 0.527. The average molecular weight is 267 g/mol. The maximum absolute atomic E-state index is 12.3. The predicted molar refractivity (Wildman–Crippen MR) is 74.6 cm³/mol. The van der Waals surface area contributed by atoms with Crippen LogP contribution in [0.1, 0.15) is 0 Å². The van der Waals surface area contributed by atoms with Crippen molar-refractivity contribution in [3.63, 3.8) is 0 Å². The summed E-state index contributed by atoms with van der Waals surface area (Å²) < 4.78 is 5.58. The van der Waals surface area contributed by atoms with Crippen LogP contribution in [-0.2, 0) is 0 Å². The van der Waals surface area contributed by atoms with Crippen molar-refractivity contribution in [2.45, 2.75) is 0 Å². The highest BCUT2D eigenvalue weighted by molar-refractivity contribution is 5.83. The third kappa shape index (κ3) is 1.85. The van der Waals surface area contributed by atoms with Crippen LogP contribution >= 0.6 is 0 Å². The van der Waals surface area contributed by atoms with Gasteiger partial charge in [-0.05, 0) is 12.1 Å². The van der Waals surface area contributed by atoms with Crippen LogP contribution in [0.4, 0.5) is 5.69 Å². The Labute approximate surface area is 113 Å². The molecule has 0 unspecified atom stereocenters. The normalized spacial score (nSPS) is 10.6. The number of nitro groups is 1. The molecule has 5 heteroatoms. The summed E-state index contributed by atoms with van der Waals surface area (Å²) in [5.74, 6) is -0.0145. The van der Waals surface area contributed by atoms with E-state index >= 15 is 0 Å². The second-order valence-corrected chi connectivity index (χ2v) is 4.23. The third-order valence-corrected chi connectivity index (χ3v) is 2.99. The van der Waals surface area contributed by atoms with Gasteiger partial charge in [0.2, 0.25) is 5.76 Å². The lowest BCUT2D eigenvalue weighted by atomic mass is 10.1. The summed E-state index contributed by atoms with van der Waals surface area (Å²) in [5.41, 5.74) is -0.324. The highest BCUT2D eigenvalue weighted by atomic mass is 16.6. The van der Waals surface area contributed by atoms with Crippen LogP contribution < -0.4 is 5.43 Å². The molecule has 0 saturated heterocycles. The van der Waals surface area contributed by atoms with Gasteiger partial charge in [-0.1, -0.05) is 42.5 Å². The van der Waals surface area contributed by atoms with Crippen molar-refractivity contribution >= 4 is 16.7 Å². The molecule has 2 aromatic carbocycles. The van der Waals surface area contributed by atoms with E-state index in [0.29, 0.717) is 11.1 Å². The second kappa shape index (κ2) is 4.62. The Hall–Kier alpha value is -2.95. The van der Waals surface area contributed by atoms with Crippen LogP contribution in [-0.4, -0.2) is 4.92 Å². The summed E-state index contributed by atoms with van der Waals surface area (Å²) in [5, 5.41) is 11.4. The van der Waals surface area contributed by atoms with Crippen molar-refractivity contribution < 1.29 is 9.34 Å². The fraction of sp³-hybridized carbons (Fsp3) is 0. The van der Waals surface area contributed by atoms with Crippen LogP contribution in [0.25, 0.3) is 22.3 Å². The van der Waals surface area contributed by atoms with Crippen LogP contribution in [0.15, 0.2) is 63.8 Å². The zero-order chi connectivity index (χ0) is 14.1. The molecule has 0 radical (unpaired) electrons. The highest BCUT2D eigenvalue weighted by Gasteiger charge is 2.25. The first kappa shape index (κ1) is 12.1. The van der Waals surface area contributed by atoms with Gasteiger partial charge in [-0.2, -0.15) is 0 Å². The first-order valence-corrected chi connectivity index (χ1v) is 5.94. The summed E-state index contributed by atoms with van der Waals surface area (Å²) in [6.07, 6.45) is 0. The molecule has 3 aromatic rings. The zero-order valence-corrected chi connectivity index (χ0v) is 10.3. The molecule has 0 fully saturated rings. The van der Waals surface area contributed by atoms with Crippen molar-refractivity contribution in [1.29, 1.82) is 0 Å². The number of benzene rings is 2. The molecular weight excluding hydrogens is 258 g/mol. The van der Waals surface area contributed by atoms with Gasteiger partial charge in [0, 0.05) is 5.56 Å². The van der Waals surface area contributed by atoms with Gasteiger partial charge in [-0.25, -0.2) is 0 Å². The highest BCUT2D eigenvalue weighted by Crippen LogP contribution is 2.30. The largest absolute Gasteiger partial charge is 0.449 e. The minimum Gasteiger partial charge on any atom is -0.449 e. The number of para-hydroxylation sites is 1. The van der Waals surface area contributed by atoms with Gasteiger partial charge in [0.1, 0.15) is 5.58 Å². The van der Waals surface area contributed by atoms with Gasteiger partial charge >= 0.3 is 5.69 Å². The molecule has 5 nitrogen and oxygen atoms in total. The fourth-order valence-corrected chi connectivity index (χ4v) is 2.08. The van der Waals surface area contributed by atoms with E-state index < -0.39 is 16.0 Å².